The van der Waals surface area contributed by atoms with E-state index >= 15 is 0 Å². The van der Waals surface area contributed by atoms with Gasteiger partial charge in [0.2, 0.25) is 0 Å². The summed E-state index contributed by atoms with van der Waals surface area (Å²) in [6.45, 7) is 1.93. The van der Waals surface area contributed by atoms with Gasteiger partial charge in [-0.05, 0) is 18.6 Å². The van der Waals surface area contributed by atoms with Crippen molar-refractivity contribution in [1.82, 2.24) is 0 Å². The molecule has 13 heavy (non-hydrogen) atoms. The normalized spacial score (nSPS) is 12.9. The fourth-order valence-corrected chi connectivity index (χ4v) is 1.54. The van der Waals surface area contributed by atoms with E-state index in [9.17, 15) is 9.50 Å². The molecule has 0 fully saturated rings. The number of rotatable bonds is 3. The quantitative estimate of drug-likeness (QED) is 0.798. The van der Waals surface area contributed by atoms with Gasteiger partial charge in [-0.25, -0.2) is 4.39 Å². The molecule has 0 heterocycles. The summed E-state index contributed by atoms with van der Waals surface area (Å²) in [5.74, 6) is -0.437. The minimum absolute atomic E-state index is 0.214. The molecule has 1 atom stereocenters. The highest BCUT2D eigenvalue weighted by atomic mass is 35.5. The van der Waals surface area contributed by atoms with Crippen molar-refractivity contribution in [2.45, 2.75) is 25.9 Å². The smallest absolute Gasteiger partial charge is 0.130 e. The highest BCUT2D eigenvalue weighted by molar-refractivity contribution is 6.31. The summed E-state index contributed by atoms with van der Waals surface area (Å²) in [5, 5.41) is 9.85. The summed E-state index contributed by atoms with van der Waals surface area (Å²) in [4.78, 5) is 0. The maximum Gasteiger partial charge on any atom is 0.130 e. The molecule has 0 amide bonds. The van der Waals surface area contributed by atoms with Gasteiger partial charge in [-0.15, -0.1) is 0 Å². The standard InChI is InChI=1S/C10H12ClFO/c1-2-4-9(13)10-7(11)5-3-6-8(10)12/h3,5-6,9,13H,2,4H2,1H3/t9-/m1/s1. The Hall–Kier alpha value is -0.600. The molecule has 0 aromatic heterocycles. The lowest BCUT2D eigenvalue weighted by Gasteiger charge is -2.11. The summed E-state index contributed by atoms with van der Waals surface area (Å²) >= 11 is 5.76. The number of benzene rings is 1. The van der Waals surface area contributed by atoms with Crippen molar-refractivity contribution in [1.29, 1.82) is 0 Å². The van der Waals surface area contributed by atoms with Crippen LogP contribution in [-0.4, -0.2) is 5.11 Å². The molecule has 1 nitrogen and oxygen atoms in total. The summed E-state index contributed by atoms with van der Waals surface area (Å²) in [5.41, 5.74) is 0.214. The summed E-state index contributed by atoms with van der Waals surface area (Å²) in [6, 6.07) is 4.42. The van der Waals surface area contributed by atoms with E-state index in [0.717, 1.165) is 6.42 Å². The first-order chi connectivity index (χ1) is 6.16. The molecule has 0 unspecified atom stereocenters. The van der Waals surface area contributed by atoms with Crippen molar-refractivity contribution in [2.24, 2.45) is 0 Å². The van der Waals surface area contributed by atoms with Gasteiger partial charge in [-0.3, -0.25) is 0 Å². The first-order valence-corrected chi connectivity index (χ1v) is 4.66. The number of hydrogen-bond acceptors (Lipinski definition) is 1. The summed E-state index contributed by atoms with van der Waals surface area (Å²) in [6.07, 6.45) is 0.533. The molecule has 0 saturated carbocycles. The Morgan fingerprint density at radius 1 is 1.54 bits per heavy atom. The monoisotopic (exact) mass is 202 g/mol. The van der Waals surface area contributed by atoms with Gasteiger partial charge in [0, 0.05) is 10.6 Å². The van der Waals surface area contributed by atoms with Crippen LogP contribution in [0.5, 0.6) is 0 Å². The average Bonchev–Trinajstić information content (AvgIpc) is 2.04. The van der Waals surface area contributed by atoms with Gasteiger partial charge in [-0.2, -0.15) is 0 Å². The van der Waals surface area contributed by atoms with Gasteiger partial charge in [-0.1, -0.05) is 31.0 Å². The van der Waals surface area contributed by atoms with Crippen LogP contribution >= 0.6 is 11.6 Å². The second kappa shape index (κ2) is 4.58. The van der Waals surface area contributed by atoms with E-state index in [0.29, 0.717) is 11.4 Å². The van der Waals surface area contributed by atoms with Crippen LogP contribution in [0, 0.1) is 5.82 Å². The molecule has 0 aliphatic heterocycles. The Labute approximate surface area is 82.2 Å². The van der Waals surface area contributed by atoms with E-state index in [1.54, 1.807) is 6.07 Å². The molecule has 0 saturated heterocycles. The molecule has 0 spiro atoms. The van der Waals surface area contributed by atoms with Crippen molar-refractivity contribution >= 4 is 11.6 Å². The van der Waals surface area contributed by atoms with E-state index in [1.807, 2.05) is 6.92 Å². The largest absolute Gasteiger partial charge is 0.388 e. The molecule has 0 bridgehead atoms. The minimum Gasteiger partial charge on any atom is -0.388 e. The minimum atomic E-state index is -0.793. The van der Waals surface area contributed by atoms with Crippen molar-refractivity contribution in [3.8, 4) is 0 Å². The van der Waals surface area contributed by atoms with E-state index in [4.69, 9.17) is 11.6 Å². The highest BCUT2D eigenvalue weighted by Gasteiger charge is 2.14. The Kier molecular flexibility index (Phi) is 3.70. The third-order valence-corrected chi connectivity index (χ3v) is 2.22. The van der Waals surface area contributed by atoms with Crippen molar-refractivity contribution in [2.75, 3.05) is 0 Å². The van der Waals surface area contributed by atoms with Gasteiger partial charge in [0.05, 0.1) is 6.10 Å². The van der Waals surface area contributed by atoms with E-state index in [-0.39, 0.29) is 5.56 Å². The van der Waals surface area contributed by atoms with Crippen LogP contribution < -0.4 is 0 Å². The molecular weight excluding hydrogens is 191 g/mol. The van der Waals surface area contributed by atoms with Crippen LogP contribution in [0.3, 0.4) is 0 Å². The van der Waals surface area contributed by atoms with Crippen LogP contribution in [0.4, 0.5) is 4.39 Å². The van der Waals surface area contributed by atoms with Gasteiger partial charge in [0.15, 0.2) is 0 Å². The van der Waals surface area contributed by atoms with Gasteiger partial charge >= 0.3 is 0 Å². The second-order valence-corrected chi connectivity index (χ2v) is 3.35. The first-order valence-electron chi connectivity index (χ1n) is 4.28. The predicted octanol–water partition coefficient (Wildman–Crippen LogP) is 3.31. The third kappa shape index (κ3) is 2.42. The molecular formula is C10H12ClFO. The molecule has 1 N–H and O–H groups in total. The maximum absolute atomic E-state index is 13.2. The number of aliphatic hydroxyl groups is 1. The Bertz CT molecular complexity index is 268. The lowest BCUT2D eigenvalue weighted by molar-refractivity contribution is 0.162. The SMILES string of the molecule is CCC[C@@H](O)c1c(F)cccc1Cl. The summed E-state index contributed by atoms with van der Waals surface area (Å²) in [7, 11) is 0. The lowest BCUT2D eigenvalue weighted by atomic mass is 10.0. The number of hydrogen-bond donors (Lipinski definition) is 1. The predicted molar refractivity (Wildman–Crippen MR) is 51.3 cm³/mol. The van der Waals surface area contributed by atoms with Gasteiger partial charge < -0.3 is 5.11 Å². The summed E-state index contributed by atoms with van der Waals surface area (Å²) < 4.78 is 13.2. The maximum atomic E-state index is 13.2. The first kappa shape index (κ1) is 10.5. The lowest BCUT2D eigenvalue weighted by Crippen LogP contribution is -2.00. The van der Waals surface area contributed by atoms with Crippen molar-refractivity contribution in [3.05, 3.63) is 34.6 Å². The molecule has 72 valence electrons. The Morgan fingerprint density at radius 2 is 2.23 bits per heavy atom. The fourth-order valence-electron chi connectivity index (χ4n) is 1.25. The van der Waals surface area contributed by atoms with Crippen LogP contribution in [0.25, 0.3) is 0 Å². The molecule has 1 aromatic rings. The Morgan fingerprint density at radius 3 is 2.77 bits per heavy atom. The van der Waals surface area contributed by atoms with Crippen LogP contribution in [0.15, 0.2) is 18.2 Å². The fraction of sp³-hybridized carbons (Fsp3) is 0.400. The van der Waals surface area contributed by atoms with Crippen molar-refractivity contribution in [3.63, 3.8) is 0 Å². The van der Waals surface area contributed by atoms with Crippen LogP contribution in [-0.2, 0) is 0 Å². The third-order valence-electron chi connectivity index (χ3n) is 1.90. The zero-order valence-corrected chi connectivity index (χ0v) is 8.18. The van der Waals surface area contributed by atoms with E-state index < -0.39 is 11.9 Å². The van der Waals surface area contributed by atoms with Crippen molar-refractivity contribution < 1.29 is 9.50 Å². The molecule has 3 heteroatoms. The van der Waals surface area contributed by atoms with E-state index in [1.165, 1.54) is 12.1 Å². The molecule has 0 radical (unpaired) electrons. The number of aliphatic hydroxyl groups excluding tert-OH is 1. The van der Waals surface area contributed by atoms with E-state index in [2.05, 4.69) is 0 Å². The van der Waals surface area contributed by atoms with Gasteiger partial charge in [0.1, 0.15) is 5.82 Å². The molecule has 1 aromatic carbocycles. The molecule has 0 aliphatic rings. The Balaban J connectivity index is 2.98. The molecule has 0 aliphatic carbocycles. The highest BCUT2D eigenvalue weighted by Crippen LogP contribution is 2.28. The van der Waals surface area contributed by atoms with Gasteiger partial charge in [0.25, 0.3) is 0 Å². The van der Waals surface area contributed by atoms with Crippen LogP contribution in [0.2, 0.25) is 5.02 Å². The van der Waals surface area contributed by atoms with Crippen LogP contribution in [0.1, 0.15) is 31.4 Å². The molecule has 1 rings (SSSR count). The topological polar surface area (TPSA) is 20.2 Å². The zero-order valence-electron chi connectivity index (χ0n) is 7.43. The average molecular weight is 203 g/mol. The number of halogens is 2. The second-order valence-electron chi connectivity index (χ2n) is 2.94. The zero-order chi connectivity index (χ0) is 9.84.